The van der Waals surface area contributed by atoms with Crippen LogP contribution < -0.4 is 0 Å². The van der Waals surface area contributed by atoms with Gasteiger partial charge in [0.2, 0.25) is 0 Å². The fraction of sp³-hybridized carbons (Fsp3) is 0.673. The van der Waals surface area contributed by atoms with Crippen LogP contribution in [0.2, 0.25) is 0 Å². The van der Waals surface area contributed by atoms with Crippen LogP contribution in [0.5, 0.6) is 0 Å². The minimum atomic E-state index is -0.760. The molecule has 7 aliphatic rings. The van der Waals surface area contributed by atoms with E-state index in [1.807, 2.05) is 117 Å². The number of ketones is 6. The Balaban J connectivity index is 0.000000472. The lowest BCUT2D eigenvalue weighted by Crippen LogP contribution is -2.39. The van der Waals surface area contributed by atoms with Crippen LogP contribution in [0.3, 0.4) is 0 Å². The summed E-state index contributed by atoms with van der Waals surface area (Å²) in [5.41, 5.74) is 8.23. The number of rotatable bonds is 31. The van der Waals surface area contributed by atoms with Gasteiger partial charge in [0.05, 0.1) is 34.1 Å². The minimum absolute atomic E-state index is 0.0584. The summed E-state index contributed by atoms with van der Waals surface area (Å²) in [5, 5.41) is 70.1. The van der Waals surface area contributed by atoms with Gasteiger partial charge in [-0.3, -0.25) is 28.8 Å². The number of hydrogen-bond donors (Lipinski definition) is 7. The van der Waals surface area contributed by atoms with Gasteiger partial charge in [0, 0.05) is 55.8 Å². The summed E-state index contributed by atoms with van der Waals surface area (Å²) >= 11 is 1.93. The van der Waals surface area contributed by atoms with Crippen LogP contribution in [-0.4, -0.2) is 117 Å². The molecule has 13 nitrogen and oxygen atoms in total. The van der Waals surface area contributed by atoms with Crippen LogP contribution >= 0.6 is 11.8 Å². The SMILES string of the molecule is CC(C)=CCC/C(C)=C/CC[C@@](C)(O)[C@@H]1CC=C(C)C(=O)C1.CC(C)=CCC/C(C)=C/CC[C@](C)(O)[C@@H]1CC=C(C)C(=O)C1.CC1=CC[C@@H](C(C)(C)O)CC1=O.CC1=CC[C@@H](C(C)(C)O)C[C@@H]1O.CCC(CO)[C@@H]1CC=C(C)C(=O)C1.CCCC(CSc1ccccc1)[C@@H]1CC=C(C)C(=O)C1.CCCCCC(O)(CC)[C@@H]1CC=C(C)C(=O)C1. The van der Waals surface area contributed by atoms with Gasteiger partial charge < -0.3 is 35.7 Å². The van der Waals surface area contributed by atoms with Crippen LogP contribution in [0, 0.1) is 53.3 Å². The van der Waals surface area contributed by atoms with Crippen molar-refractivity contribution >= 4 is 46.5 Å². The Kier molecular flexibility index (Phi) is 50.4. The first-order valence-electron chi connectivity index (χ1n) is 45.2. The zero-order valence-corrected chi connectivity index (χ0v) is 78.9. The summed E-state index contributed by atoms with van der Waals surface area (Å²) in [6, 6.07) is 10.6. The highest BCUT2D eigenvalue weighted by Crippen LogP contribution is 2.40. The monoisotopic (exact) mass is 1660 g/mol. The summed E-state index contributed by atoms with van der Waals surface area (Å²) in [6.45, 7) is 45.6. The molecule has 0 heterocycles. The number of allylic oxidation sites excluding steroid dienone is 21. The van der Waals surface area contributed by atoms with Crippen LogP contribution in [0.1, 0.15) is 352 Å². The molecule has 7 N–H and O–H groups in total. The maximum Gasteiger partial charge on any atom is 0.158 e. The second kappa shape index (κ2) is 54.8. The number of hydrogen-bond acceptors (Lipinski definition) is 14. The highest BCUT2D eigenvalue weighted by atomic mass is 32.2. The van der Waals surface area contributed by atoms with Crippen molar-refractivity contribution < 1.29 is 64.5 Å². The van der Waals surface area contributed by atoms with Gasteiger partial charge in [-0.15, -0.1) is 11.8 Å². The van der Waals surface area contributed by atoms with Gasteiger partial charge in [0.1, 0.15) is 0 Å². The van der Waals surface area contributed by atoms with Crippen molar-refractivity contribution in [3.63, 3.8) is 0 Å². The molecule has 0 bridgehead atoms. The molecule has 3 unspecified atom stereocenters. The third kappa shape index (κ3) is 41.5. The smallest absolute Gasteiger partial charge is 0.158 e. The summed E-state index contributed by atoms with van der Waals surface area (Å²) in [7, 11) is 0. The van der Waals surface area contributed by atoms with Crippen LogP contribution in [0.4, 0.5) is 0 Å². The predicted molar refractivity (Wildman–Crippen MR) is 494 cm³/mol. The van der Waals surface area contributed by atoms with Crippen molar-refractivity contribution in [2.75, 3.05) is 12.4 Å². The highest BCUT2D eigenvalue weighted by Gasteiger charge is 2.39. The quantitative estimate of drug-likeness (QED) is 0.0208. The Morgan fingerprint density at radius 2 is 0.814 bits per heavy atom. The summed E-state index contributed by atoms with van der Waals surface area (Å²) in [4.78, 5) is 71.2. The minimum Gasteiger partial charge on any atom is -0.396 e. The maximum absolute atomic E-state index is 11.9. The molecule has 0 saturated heterocycles. The zero-order chi connectivity index (χ0) is 89.3. The summed E-state index contributed by atoms with van der Waals surface area (Å²) in [6.07, 6.45) is 48.9. The Morgan fingerprint density at radius 3 is 1.17 bits per heavy atom. The lowest BCUT2D eigenvalue weighted by atomic mass is 9.73. The standard InChI is InChI=1S/2C20H32O2.C18H24OS.C15H26O2.C11H18O2.C10H18O2.C10H16O2/c2*1-15(2)8-6-9-16(3)10-7-13-20(5,22)18-12-11-17(4)19(21)14-18;1-3-7-16(13-20-17-8-5-4-6-9-17)15-11-10-14(2)18(19)12-15;1-4-6-7-10-15(17,5-2)13-9-8-12(3)14(16)11-13;1-3-9(7-12)10-5-4-8(2)11(13)6-10;2*1-7-4-5-8(6-9(7)11)10(2,3)12/h2*8,10-11,18,22H,6-7,9,12-14H2,1-5H3;4-6,8-10,15-16H,3,7,11-13H2,1-2H3;8,13,17H,4-7,9-11H2,1-3H3;4,9-10,12H,3,5-7H2,1-2H3;4,8-9,11-12H,5-6H2,1-3H3;4,8,12H,5-6H2,1-3H3/b2*16-10+;;;;;/t18-,20+;18-,20-;15-,16?;13-,15?;9?,10-;8-,9+;8-/m1111111/s1. The Labute approximate surface area is 721 Å². The van der Waals surface area contributed by atoms with Crippen molar-refractivity contribution in [2.24, 2.45) is 53.3 Å². The van der Waals surface area contributed by atoms with Gasteiger partial charge in [-0.25, -0.2) is 0 Å². The first-order valence-corrected chi connectivity index (χ1v) is 46.2. The van der Waals surface area contributed by atoms with Crippen molar-refractivity contribution in [1.82, 2.24) is 0 Å². The van der Waals surface area contributed by atoms with Gasteiger partial charge in [-0.2, -0.15) is 0 Å². The average molecular weight is 1660 g/mol. The Morgan fingerprint density at radius 1 is 0.441 bits per heavy atom. The zero-order valence-electron chi connectivity index (χ0n) is 78.1. The molecule has 118 heavy (non-hydrogen) atoms. The van der Waals surface area contributed by atoms with Gasteiger partial charge in [-0.05, 0) is 358 Å². The van der Waals surface area contributed by atoms with Gasteiger partial charge in [0.15, 0.2) is 34.7 Å². The topological polar surface area (TPSA) is 244 Å². The van der Waals surface area contributed by atoms with E-state index in [4.69, 9.17) is 5.11 Å². The molecule has 7 aliphatic carbocycles. The molecule has 13 atom stereocenters. The third-order valence-electron chi connectivity index (χ3n) is 26.1. The number of carbonyl (C=O) groups excluding carboxylic acids is 6. The van der Waals surface area contributed by atoms with Gasteiger partial charge in [0.25, 0.3) is 0 Å². The van der Waals surface area contributed by atoms with E-state index in [-0.39, 0.29) is 71.2 Å². The molecule has 0 spiro atoms. The summed E-state index contributed by atoms with van der Waals surface area (Å²) in [5.74, 6) is 4.88. The Hall–Kier alpha value is -5.55. The average Bonchev–Trinajstić information content (AvgIpc) is 0.833. The predicted octanol–water partition coefficient (Wildman–Crippen LogP) is 24.1. The second-order valence-electron chi connectivity index (χ2n) is 37.7. The first-order chi connectivity index (χ1) is 55.2. The number of unbranched alkanes of at least 4 members (excludes halogenated alkanes) is 2. The molecule has 0 aliphatic heterocycles. The highest BCUT2D eigenvalue weighted by molar-refractivity contribution is 7.99. The molecule has 666 valence electrons. The molecular weight excluding hydrogens is 1490 g/mol. The van der Waals surface area contributed by atoms with E-state index in [9.17, 15) is 59.4 Å². The van der Waals surface area contributed by atoms with E-state index in [2.05, 4.69) is 123 Å². The number of aliphatic hydroxyl groups is 7. The number of carbonyl (C=O) groups is 6. The third-order valence-corrected chi connectivity index (χ3v) is 27.3. The Bertz CT molecular complexity index is 3540. The van der Waals surface area contributed by atoms with E-state index < -0.39 is 28.0 Å². The van der Waals surface area contributed by atoms with E-state index >= 15 is 0 Å². The molecule has 0 radical (unpaired) electrons. The molecule has 0 saturated carbocycles. The second-order valence-corrected chi connectivity index (χ2v) is 38.8. The molecule has 0 fully saturated rings. The fourth-order valence-electron chi connectivity index (χ4n) is 16.2. The van der Waals surface area contributed by atoms with Crippen molar-refractivity contribution in [3.05, 3.63) is 158 Å². The van der Waals surface area contributed by atoms with E-state index in [1.54, 1.807) is 27.7 Å². The van der Waals surface area contributed by atoms with E-state index in [0.29, 0.717) is 68.0 Å². The maximum atomic E-state index is 11.9. The van der Waals surface area contributed by atoms with Crippen LogP contribution in [-0.2, 0) is 28.8 Å². The molecule has 14 heteroatoms. The number of aliphatic hydroxyl groups excluding tert-OH is 2. The van der Waals surface area contributed by atoms with E-state index in [1.165, 1.54) is 46.5 Å². The van der Waals surface area contributed by atoms with Gasteiger partial charge in [-0.1, -0.05) is 167 Å². The fourth-order valence-corrected chi connectivity index (χ4v) is 17.4. The van der Waals surface area contributed by atoms with Crippen molar-refractivity contribution in [3.8, 4) is 0 Å². The molecule has 0 amide bonds. The number of thioether (sulfide) groups is 1. The molecule has 0 aromatic heterocycles. The lowest BCUT2D eigenvalue weighted by molar-refractivity contribution is -0.121. The summed E-state index contributed by atoms with van der Waals surface area (Å²) < 4.78 is 0. The molecular formula is C104H166O13S. The largest absolute Gasteiger partial charge is 0.396 e. The molecule has 1 aromatic carbocycles. The van der Waals surface area contributed by atoms with E-state index in [0.717, 1.165) is 180 Å². The number of Topliss-reactive ketones (excluding diaryl/α,β-unsaturated/α-hetero) is 6. The van der Waals surface area contributed by atoms with Crippen molar-refractivity contribution in [1.29, 1.82) is 0 Å². The van der Waals surface area contributed by atoms with Gasteiger partial charge >= 0.3 is 0 Å². The normalized spacial score (nSPS) is 23.9. The van der Waals surface area contributed by atoms with Crippen LogP contribution in [0.15, 0.2) is 163 Å². The molecule has 8 rings (SSSR count). The number of benzene rings is 1. The first kappa shape index (κ1) is 109. The van der Waals surface area contributed by atoms with Crippen molar-refractivity contribution in [2.45, 2.75) is 391 Å². The lowest BCUT2D eigenvalue weighted by Gasteiger charge is -2.37. The van der Waals surface area contributed by atoms with Crippen LogP contribution in [0.25, 0.3) is 0 Å². The molecule has 1 aromatic rings.